The number of urea groups is 1. The first-order valence-electron chi connectivity index (χ1n) is 8.19. The van der Waals surface area contributed by atoms with E-state index in [1.807, 2.05) is 43.3 Å². The Bertz CT molecular complexity index is 675. The van der Waals surface area contributed by atoms with Crippen LogP contribution in [0.4, 0.5) is 4.79 Å². The third-order valence-electron chi connectivity index (χ3n) is 4.31. The lowest BCUT2D eigenvalue weighted by Gasteiger charge is -2.32. The number of nitrogens with zero attached hydrogens (tertiary/aromatic N) is 3. The minimum absolute atomic E-state index is 0.0564. The summed E-state index contributed by atoms with van der Waals surface area (Å²) in [6.07, 6.45) is 0. The second-order valence-corrected chi connectivity index (χ2v) is 6.50. The van der Waals surface area contributed by atoms with E-state index in [0.29, 0.717) is 19.7 Å². The number of para-hydroxylation sites is 1. The van der Waals surface area contributed by atoms with Crippen LogP contribution < -0.4 is 10.1 Å². The molecule has 8 heteroatoms. The number of benzene rings is 1. The normalized spacial score (nSPS) is 20.2. The van der Waals surface area contributed by atoms with E-state index in [4.69, 9.17) is 4.74 Å². The number of hydrogen-bond acceptors (Lipinski definition) is 5. The zero-order valence-electron chi connectivity index (χ0n) is 14.4. The van der Waals surface area contributed by atoms with Crippen molar-refractivity contribution in [1.82, 2.24) is 20.0 Å². The number of hydrogen-bond donors (Lipinski definition) is 1. The molecule has 1 atom stereocenters. The lowest BCUT2D eigenvalue weighted by molar-refractivity contribution is -0.139. The fourth-order valence-corrected chi connectivity index (χ4v) is 3.07. The first-order chi connectivity index (χ1) is 12.0. The van der Waals surface area contributed by atoms with Crippen molar-refractivity contribution in [2.75, 3.05) is 40.3 Å². The van der Waals surface area contributed by atoms with Crippen LogP contribution in [0.5, 0.6) is 5.75 Å². The van der Waals surface area contributed by atoms with Crippen molar-refractivity contribution >= 4 is 17.8 Å². The van der Waals surface area contributed by atoms with Gasteiger partial charge in [-0.1, -0.05) is 18.2 Å². The lowest BCUT2D eigenvalue weighted by atomic mass is 10.1. The smallest absolute Gasteiger partial charge is 0.325 e. The molecule has 1 unspecified atom stereocenters. The van der Waals surface area contributed by atoms with Gasteiger partial charge >= 0.3 is 6.03 Å². The summed E-state index contributed by atoms with van der Waals surface area (Å²) in [4.78, 5) is 41.0. The number of nitrogens with one attached hydrogen (secondary N) is 1. The highest BCUT2D eigenvalue weighted by Gasteiger charge is 2.35. The average molecular weight is 346 g/mol. The maximum atomic E-state index is 12.9. The minimum Gasteiger partial charge on any atom is -0.491 e. The first kappa shape index (κ1) is 17.2. The molecule has 1 fully saturated rings. The number of ether oxygens (including phenoxy) is 1. The first-order valence-corrected chi connectivity index (χ1v) is 8.19. The predicted octanol–water partition coefficient (Wildman–Crippen LogP) is -0.110. The Balaban J connectivity index is 1.81. The molecule has 4 amide bonds. The molecule has 0 aliphatic carbocycles. The fourth-order valence-electron chi connectivity index (χ4n) is 3.07. The van der Waals surface area contributed by atoms with Crippen LogP contribution in [0.2, 0.25) is 0 Å². The van der Waals surface area contributed by atoms with E-state index in [1.165, 1.54) is 0 Å². The van der Waals surface area contributed by atoms with E-state index in [9.17, 15) is 14.4 Å². The second-order valence-electron chi connectivity index (χ2n) is 6.50. The molecule has 25 heavy (non-hydrogen) atoms. The number of imide groups is 1. The van der Waals surface area contributed by atoms with Crippen LogP contribution in [0, 0.1) is 0 Å². The van der Waals surface area contributed by atoms with Crippen molar-refractivity contribution in [3.05, 3.63) is 29.8 Å². The molecule has 1 aromatic rings. The minimum atomic E-state index is -0.519. The highest BCUT2D eigenvalue weighted by molar-refractivity contribution is 6.04. The van der Waals surface area contributed by atoms with Gasteiger partial charge in [0, 0.05) is 18.7 Å². The molecule has 1 saturated heterocycles. The van der Waals surface area contributed by atoms with E-state index in [-0.39, 0.29) is 30.9 Å². The fraction of sp³-hybridized carbons (Fsp3) is 0.471. The number of fused-ring (bicyclic) bond motifs is 1. The molecule has 0 spiro atoms. The standard InChI is InChI=1S/C17H22N4O4/c1-19(2)9-13-11-25-14-6-4-3-5-12(14)8-20(13)16(23)10-21-15(22)7-18-17(21)24/h3-6,13H,7-11H2,1-2H3,(H,18,24). The summed E-state index contributed by atoms with van der Waals surface area (Å²) in [5.74, 6) is 0.114. The second kappa shape index (κ2) is 7.10. The number of amides is 4. The van der Waals surface area contributed by atoms with Crippen LogP contribution in [-0.2, 0) is 16.1 Å². The highest BCUT2D eigenvalue weighted by Crippen LogP contribution is 2.25. The summed E-state index contributed by atoms with van der Waals surface area (Å²) in [7, 11) is 3.86. The molecule has 0 aromatic heterocycles. The Morgan fingerprint density at radius 3 is 2.76 bits per heavy atom. The van der Waals surface area contributed by atoms with Crippen LogP contribution >= 0.6 is 0 Å². The number of carbonyl (C=O) groups excluding carboxylic acids is 3. The molecule has 1 aromatic carbocycles. The summed E-state index contributed by atoms with van der Waals surface area (Å²) in [6.45, 7) is 1.06. The molecular weight excluding hydrogens is 324 g/mol. The van der Waals surface area contributed by atoms with Crippen LogP contribution in [0.25, 0.3) is 0 Å². The van der Waals surface area contributed by atoms with Crippen molar-refractivity contribution < 1.29 is 19.1 Å². The van der Waals surface area contributed by atoms with Crippen molar-refractivity contribution in [2.24, 2.45) is 0 Å². The zero-order chi connectivity index (χ0) is 18.0. The summed E-state index contributed by atoms with van der Waals surface area (Å²) in [5.41, 5.74) is 0.911. The molecule has 2 aliphatic rings. The maximum absolute atomic E-state index is 12.9. The van der Waals surface area contributed by atoms with Crippen molar-refractivity contribution in [3.8, 4) is 5.75 Å². The van der Waals surface area contributed by atoms with Gasteiger partial charge in [-0.05, 0) is 20.2 Å². The van der Waals surface area contributed by atoms with E-state index >= 15 is 0 Å². The summed E-state index contributed by atoms with van der Waals surface area (Å²) >= 11 is 0. The Morgan fingerprint density at radius 2 is 2.08 bits per heavy atom. The maximum Gasteiger partial charge on any atom is 0.325 e. The molecule has 0 bridgehead atoms. The Kier molecular flexibility index (Phi) is 4.89. The molecular formula is C17H22N4O4. The van der Waals surface area contributed by atoms with Crippen LogP contribution in [0.15, 0.2) is 24.3 Å². The molecule has 2 heterocycles. The summed E-state index contributed by atoms with van der Waals surface area (Å²) in [6, 6.07) is 6.90. The number of rotatable bonds is 4. The van der Waals surface area contributed by atoms with Gasteiger partial charge in [-0.2, -0.15) is 0 Å². The van der Waals surface area contributed by atoms with Crippen molar-refractivity contribution in [1.29, 1.82) is 0 Å². The van der Waals surface area contributed by atoms with E-state index in [0.717, 1.165) is 16.2 Å². The Labute approximate surface area is 146 Å². The van der Waals surface area contributed by atoms with Gasteiger partial charge in [0.1, 0.15) is 18.9 Å². The van der Waals surface area contributed by atoms with Crippen LogP contribution in [-0.4, -0.2) is 78.9 Å². The monoisotopic (exact) mass is 346 g/mol. The predicted molar refractivity (Wildman–Crippen MR) is 89.9 cm³/mol. The average Bonchev–Trinajstić information content (AvgIpc) is 2.79. The van der Waals surface area contributed by atoms with E-state index in [2.05, 4.69) is 5.32 Å². The topological polar surface area (TPSA) is 82.2 Å². The van der Waals surface area contributed by atoms with Crippen molar-refractivity contribution in [2.45, 2.75) is 12.6 Å². The third-order valence-corrected chi connectivity index (χ3v) is 4.31. The van der Waals surface area contributed by atoms with Gasteiger partial charge in [0.2, 0.25) is 5.91 Å². The Hall–Kier alpha value is -2.61. The molecule has 134 valence electrons. The van der Waals surface area contributed by atoms with Gasteiger partial charge in [-0.3, -0.25) is 14.5 Å². The van der Waals surface area contributed by atoms with Crippen molar-refractivity contribution in [3.63, 3.8) is 0 Å². The molecule has 3 rings (SSSR count). The SMILES string of the molecule is CN(C)CC1COc2ccccc2CN1C(=O)CN1C(=O)CNC1=O. The van der Waals surface area contributed by atoms with Crippen LogP contribution in [0.3, 0.4) is 0 Å². The number of likely N-dealkylation sites (N-methyl/N-ethyl adjacent to an activating group) is 1. The van der Waals surface area contributed by atoms with Gasteiger partial charge in [0.15, 0.2) is 0 Å². The third kappa shape index (κ3) is 3.74. The highest BCUT2D eigenvalue weighted by atomic mass is 16.5. The van der Waals surface area contributed by atoms with Gasteiger partial charge in [0.25, 0.3) is 5.91 Å². The lowest BCUT2D eigenvalue weighted by Crippen LogP contribution is -2.51. The molecule has 8 nitrogen and oxygen atoms in total. The summed E-state index contributed by atoms with van der Waals surface area (Å²) in [5, 5.41) is 2.43. The molecule has 0 saturated carbocycles. The van der Waals surface area contributed by atoms with Crippen LogP contribution in [0.1, 0.15) is 5.56 Å². The molecule has 1 N–H and O–H groups in total. The zero-order valence-corrected chi connectivity index (χ0v) is 14.4. The number of carbonyl (C=O) groups is 3. The largest absolute Gasteiger partial charge is 0.491 e. The van der Waals surface area contributed by atoms with Gasteiger partial charge in [-0.15, -0.1) is 0 Å². The quantitative estimate of drug-likeness (QED) is 0.770. The van der Waals surface area contributed by atoms with Gasteiger partial charge in [-0.25, -0.2) is 4.79 Å². The van der Waals surface area contributed by atoms with E-state index < -0.39 is 6.03 Å². The van der Waals surface area contributed by atoms with Gasteiger partial charge in [0.05, 0.1) is 12.6 Å². The Morgan fingerprint density at radius 1 is 1.32 bits per heavy atom. The summed E-state index contributed by atoms with van der Waals surface area (Å²) < 4.78 is 5.87. The van der Waals surface area contributed by atoms with Gasteiger partial charge < -0.3 is 19.9 Å². The molecule has 2 aliphatic heterocycles. The molecule has 0 radical (unpaired) electrons. The van der Waals surface area contributed by atoms with E-state index in [1.54, 1.807) is 4.90 Å².